The highest BCUT2D eigenvalue weighted by Crippen LogP contribution is 2.54. The van der Waals surface area contributed by atoms with Crippen LogP contribution < -0.4 is 0 Å². The Morgan fingerprint density at radius 1 is 1.29 bits per heavy atom. The molecule has 0 aliphatic heterocycles. The van der Waals surface area contributed by atoms with Gasteiger partial charge in [0.15, 0.2) is 0 Å². The maximum atomic E-state index is 12.4. The standard InChI is InChI=1S/C21H29ClN4O2/c1-16(26-15-23-14-24-26)21(27,18-9-11-19(22)12-10-18)20(2,13-25-28-3)17-7-5-4-6-8-17/h9-17,27H,4-8H2,1-3H3. The third kappa shape index (κ3) is 3.67. The number of halogens is 1. The number of hydrogen-bond donors (Lipinski definition) is 1. The normalized spacial score (nSPS) is 21.2. The van der Waals surface area contributed by atoms with Crippen molar-refractivity contribution in [2.45, 2.75) is 57.6 Å². The van der Waals surface area contributed by atoms with Gasteiger partial charge in [0.05, 0.1) is 12.3 Å². The molecular weight excluding hydrogens is 376 g/mol. The Balaban J connectivity index is 2.18. The second kappa shape index (κ2) is 8.62. The fourth-order valence-electron chi connectivity index (χ4n) is 4.69. The van der Waals surface area contributed by atoms with Gasteiger partial charge < -0.3 is 9.94 Å². The molecule has 1 aliphatic rings. The number of rotatable bonds is 7. The fourth-order valence-corrected chi connectivity index (χ4v) is 4.82. The van der Waals surface area contributed by atoms with Gasteiger partial charge in [-0.05, 0) is 43.4 Å². The van der Waals surface area contributed by atoms with Crippen LogP contribution in [0.4, 0.5) is 0 Å². The Hall–Kier alpha value is -1.92. The molecule has 0 radical (unpaired) electrons. The number of aromatic nitrogens is 3. The average molecular weight is 405 g/mol. The van der Waals surface area contributed by atoms with Crippen molar-refractivity contribution < 1.29 is 9.94 Å². The lowest BCUT2D eigenvalue weighted by Crippen LogP contribution is -2.54. The third-order valence-electron chi connectivity index (χ3n) is 6.42. The van der Waals surface area contributed by atoms with Crippen LogP contribution in [0.1, 0.15) is 57.6 Å². The van der Waals surface area contributed by atoms with E-state index in [1.165, 1.54) is 19.9 Å². The molecule has 0 saturated heterocycles. The minimum absolute atomic E-state index is 0.256. The zero-order valence-corrected chi connectivity index (χ0v) is 17.5. The number of nitrogens with zero attached hydrogens (tertiary/aromatic N) is 4. The molecule has 1 heterocycles. The van der Waals surface area contributed by atoms with Gasteiger partial charge >= 0.3 is 0 Å². The quantitative estimate of drug-likeness (QED) is 0.540. The minimum atomic E-state index is -1.30. The number of benzene rings is 1. The number of hydrogen-bond acceptors (Lipinski definition) is 5. The van der Waals surface area contributed by atoms with Crippen LogP contribution in [0.2, 0.25) is 5.02 Å². The van der Waals surface area contributed by atoms with Gasteiger partial charge in [0.1, 0.15) is 25.4 Å². The number of aliphatic hydroxyl groups is 1. The summed E-state index contributed by atoms with van der Waals surface area (Å²) in [6.45, 7) is 4.04. The molecule has 1 aliphatic carbocycles. The van der Waals surface area contributed by atoms with E-state index in [0.717, 1.165) is 31.2 Å². The molecule has 7 heteroatoms. The number of oxime groups is 1. The van der Waals surface area contributed by atoms with E-state index in [9.17, 15) is 5.11 Å². The van der Waals surface area contributed by atoms with Gasteiger partial charge in [-0.1, -0.05) is 55.1 Å². The van der Waals surface area contributed by atoms with Crippen LogP contribution in [-0.4, -0.2) is 33.2 Å². The van der Waals surface area contributed by atoms with Crippen molar-refractivity contribution in [3.8, 4) is 0 Å². The smallest absolute Gasteiger partial charge is 0.137 e. The van der Waals surface area contributed by atoms with E-state index in [0.29, 0.717) is 5.02 Å². The first-order valence-corrected chi connectivity index (χ1v) is 10.2. The summed E-state index contributed by atoms with van der Waals surface area (Å²) in [4.78, 5) is 9.13. The molecule has 0 bridgehead atoms. The molecule has 1 aromatic carbocycles. The van der Waals surface area contributed by atoms with Crippen LogP contribution in [0.25, 0.3) is 0 Å². The summed E-state index contributed by atoms with van der Waals surface area (Å²) in [5, 5.41) is 21.5. The van der Waals surface area contributed by atoms with Crippen molar-refractivity contribution in [1.29, 1.82) is 0 Å². The Morgan fingerprint density at radius 3 is 2.54 bits per heavy atom. The van der Waals surface area contributed by atoms with Crippen LogP contribution in [0.15, 0.2) is 42.1 Å². The molecule has 0 amide bonds. The summed E-state index contributed by atoms with van der Waals surface area (Å²) in [7, 11) is 1.53. The summed E-state index contributed by atoms with van der Waals surface area (Å²) in [6, 6.07) is 7.01. The van der Waals surface area contributed by atoms with E-state index in [1.807, 2.05) is 31.2 Å². The maximum Gasteiger partial charge on any atom is 0.137 e. The summed E-state index contributed by atoms with van der Waals surface area (Å²) in [5.41, 5.74) is -1.20. The molecule has 6 nitrogen and oxygen atoms in total. The van der Waals surface area contributed by atoms with E-state index < -0.39 is 11.0 Å². The monoisotopic (exact) mass is 404 g/mol. The Morgan fingerprint density at radius 2 is 1.96 bits per heavy atom. The predicted octanol–water partition coefficient (Wildman–Crippen LogP) is 4.60. The van der Waals surface area contributed by atoms with Gasteiger partial charge in [0.25, 0.3) is 0 Å². The van der Waals surface area contributed by atoms with Crippen LogP contribution in [0.3, 0.4) is 0 Å². The van der Waals surface area contributed by atoms with Gasteiger partial charge in [-0.2, -0.15) is 5.10 Å². The molecule has 3 atom stereocenters. The SMILES string of the molecule is CON=CC(C)(C1CCCCC1)C(O)(c1ccc(Cl)cc1)C(C)n1cncn1. The van der Waals surface area contributed by atoms with Crippen molar-refractivity contribution in [2.24, 2.45) is 16.5 Å². The van der Waals surface area contributed by atoms with E-state index in [1.54, 1.807) is 17.2 Å². The molecule has 28 heavy (non-hydrogen) atoms. The highest BCUT2D eigenvalue weighted by molar-refractivity contribution is 6.30. The zero-order valence-electron chi connectivity index (χ0n) is 16.8. The highest BCUT2D eigenvalue weighted by Gasteiger charge is 2.56. The van der Waals surface area contributed by atoms with Crippen molar-refractivity contribution in [2.75, 3.05) is 7.11 Å². The molecule has 2 aromatic rings. The van der Waals surface area contributed by atoms with E-state index in [-0.39, 0.29) is 12.0 Å². The second-order valence-electron chi connectivity index (χ2n) is 7.86. The van der Waals surface area contributed by atoms with Gasteiger partial charge in [0.2, 0.25) is 0 Å². The Kier molecular flexibility index (Phi) is 6.40. The van der Waals surface area contributed by atoms with E-state index >= 15 is 0 Å². The molecule has 1 N–H and O–H groups in total. The van der Waals surface area contributed by atoms with Crippen molar-refractivity contribution in [3.63, 3.8) is 0 Å². The highest BCUT2D eigenvalue weighted by atomic mass is 35.5. The average Bonchev–Trinajstić information content (AvgIpc) is 3.26. The lowest BCUT2D eigenvalue weighted by Gasteiger charge is -2.51. The summed E-state index contributed by atoms with van der Waals surface area (Å²) in [6.07, 6.45) is 10.5. The third-order valence-corrected chi connectivity index (χ3v) is 6.68. The Labute approximate surface area is 171 Å². The first kappa shape index (κ1) is 20.8. The maximum absolute atomic E-state index is 12.4. The van der Waals surface area contributed by atoms with Crippen LogP contribution in [0, 0.1) is 11.3 Å². The van der Waals surface area contributed by atoms with Crippen molar-refractivity contribution in [3.05, 3.63) is 47.5 Å². The van der Waals surface area contributed by atoms with Gasteiger partial charge in [-0.25, -0.2) is 9.67 Å². The Bertz CT molecular complexity index is 774. The lowest BCUT2D eigenvalue weighted by atomic mass is 9.57. The largest absolute Gasteiger partial charge is 0.399 e. The second-order valence-corrected chi connectivity index (χ2v) is 8.30. The summed E-state index contributed by atoms with van der Waals surface area (Å²) >= 11 is 6.13. The van der Waals surface area contributed by atoms with Crippen molar-refractivity contribution in [1.82, 2.24) is 14.8 Å². The van der Waals surface area contributed by atoms with Gasteiger partial charge in [0, 0.05) is 10.4 Å². The molecule has 1 aromatic heterocycles. The molecule has 1 saturated carbocycles. The molecule has 152 valence electrons. The molecule has 0 spiro atoms. The summed E-state index contributed by atoms with van der Waals surface area (Å²) < 4.78 is 1.70. The van der Waals surface area contributed by atoms with Crippen LogP contribution in [0.5, 0.6) is 0 Å². The van der Waals surface area contributed by atoms with Crippen LogP contribution >= 0.6 is 11.6 Å². The predicted molar refractivity (Wildman–Crippen MR) is 110 cm³/mol. The van der Waals surface area contributed by atoms with Gasteiger partial charge in [-0.15, -0.1) is 0 Å². The first-order valence-electron chi connectivity index (χ1n) is 9.83. The molecule has 1 fully saturated rings. The minimum Gasteiger partial charge on any atom is -0.399 e. The summed E-state index contributed by atoms with van der Waals surface area (Å²) in [5.74, 6) is 0.256. The van der Waals surface area contributed by atoms with Gasteiger partial charge in [-0.3, -0.25) is 0 Å². The lowest BCUT2D eigenvalue weighted by molar-refractivity contribution is -0.116. The zero-order chi connectivity index (χ0) is 20.2. The topological polar surface area (TPSA) is 72.5 Å². The van der Waals surface area contributed by atoms with Crippen LogP contribution in [-0.2, 0) is 10.4 Å². The van der Waals surface area contributed by atoms with Crippen molar-refractivity contribution >= 4 is 17.8 Å². The molecule has 3 rings (SSSR count). The fraction of sp³-hybridized carbons (Fsp3) is 0.571. The van der Waals surface area contributed by atoms with E-state index in [4.69, 9.17) is 16.4 Å². The van der Waals surface area contributed by atoms with E-state index in [2.05, 4.69) is 22.2 Å². The first-order chi connectivity index (χ1) is 13.4. The molecular formula is C21H29ClN4O2. The molecule has 3 unspecified atom stereocenters.